The highest BCUT2D eigenvalue weighted by Crippen LogP contribution is 2.40. The van der Waals surface area contributed by atoms with Crippen LogP contribution < -0.4 is 0 Å². The summed E-state index contributed by atoms with van der Waals surface area (Å²) in [5, 5.41) is 9.28. The van der Waals surface area contributed by atoms with E-state index in [1.54, 1.807) is 4.90 Å². The normalized spacial score (nSPS) is 21.3. The van der Waals surface area contributed by atoms with Gasteiger partial charge in [0.2, 0.25) is 0 Å². The van der Waals surface area contributed by atoms with E-state index in [1.165, 1.54) is 0 Å². The summed E-state index contributed by atoms with van der Waals surface area (Å²) in [4.78, 5) is 14.6. The number of amides is 1. The molecule has 1 amide bonds. The average molecular weight is 418 g/mol. The molecule has 1 N–H and O–H groups in total. The molecule has 2 aromatic rings. The van der Waals surface area contributed by atoms with Crippen LogP contribution >= 0.6 is 15.9 Å². The molecule has 3 rings (SSSR count). The van der Waals surface area contributed by atoms with Gasteiger partial charge < -0.3 is 14.7 Å². The van der Waals surface area contributed by atoms with E-state index in [9.17, 15) is 9.90 Å². The van der Waals surface area contributed by atoms with Crippen LogP contribution in [0.25, 0.3) is 0 Å². The third-order valence-electron chi connectivity index (χ3n) is 5.13. The summed E-state index contributed by atoms with van der Waals surface area (Å²) in [6, 6.07) is 17.8. The van der Waals surface area contributed by atoms with Crippen LogP contribution in [0.15, 0.2) is 59.1 Å². The van der Waals surface area contributed by atoms with Crippen LogP contribution in [0.5, 0.6) is 0 Å². The largest absolute Gasteiger partial charge is 0.438 e. The number of aliphatic hydroxyl groups excluding tert-OH is 1. The highest BCUT2D eigenvalue weighted by atomic mass is 79.9. The second kappa shape index (κ2) is 8.23. The Morgan fingerprint density at radius 3 is 2.50 bits per heavy atom. The van der Waals surface area contributed by atoms with Gasteiger partial charge in [-0.05, 0) is 43.0 Å². The van der Waals surface area contributed by atoms with Crippen molar-refractivity contribution in [2.45, 2.75) is 37.8 Å². The molecule has 0 saturated carbocycles. The van der Waals surface area contributed by atoms with Crippen molar-refractivity contribution in [2.75, 3.05) is 13.2 Å². The summed E-state index contributed by atoms with van der Waals surface area (Å²) in [6.07, 6.45) is 1.64. The average Bonchev–Trinajstić information content (AvgIpc) is 2.67. The van der Waals surface area contributed by atoms with Crippen LogP contribution in [0.4, 0.5) is 4.79 Å². The van der Waals surface area contributed by atoms with Crippen molar-refractivity contribution in [3.8, 4) is 0 Å². The highest BCUT2D eigenvalue weighted by molar-refractivity contribution is 9.10. The standard InChI is InChI=1S/C21H24BrNO3/c1-16(17-8-10-19(22)11-9-17)23-14-13-21(12-5-15-24,26-20(23)25)18-6-3-2-4-7-18/h2-4,6-11,16,24H,5,12-15H2,1H3. The predicted octanol–water partition coefficient (Wildman–Crippen LogP) is 5.02. The molecular weight excluding hydrogens is 394 g/mol. The molecular formula is C21H24BrNO3. The van der Waals surface area contributed by atoms with E-state index in [2.05, 4.69) is 15.9 Å². The van der Waals surface area contributed by atoms with E-state index >= 15 is 0 Å². The first kappa shape index (κ1) is 18.9. The minimum Gasteiger partial charge on any atom is -0.438 e. The Bertz CT molecular complexity index is 735. The van der Waals surface area contributed by atoms with Gasteiger partial charge in [-0.15, -0.1) is 0 Å². The van der Waals surface area contributed by atoms with E-state index in [0.717, 1.165) is 15.6 Å². The number of hydrogen-bond acceptors (Lipinski definition) is 3. The number of benzene rings is 2. The van der Waals surface area contributed by atoms with Gasteiger partial charge in [0.15, 0.2) is 0 Å². The van der Waals surface area contributed by atoms with Crippen molar-refractivity contribution in [3.05, 3.63) is 70.2 Å². The fraction of sp³-hybridized carbons (Fsp3) is 0.381. The molecule has 1 saturated heterocycles. The number of carbonyl (C=O) groups excluding carboxylic acids is 1. The predicted molar refractivity (Wildman–Crippen MR) is 105 cm³/mol. The first-order valence-electron chi connectivity index (χ1n) is 8.97. The van der Waals surface area contributed by atoms with Gasteiger partial charge in [-0.2, -0.15) is 0 Å². The van der Waals surface area contributed by atoms with Crippen molar-refractivity contribution in [3.63, 3.8) is 0 Å². The molecule has 1 fully saturated rings. The van der Waals surface area contributed by atoms with Crippen molar-refractivity contribution in [1.29, 1.82) is 0 Å². The van der Waals surface area contributed by atoms with Crippen molar-refractivity contribution >= 4 is 22.0 Å². The topological polar surface area (TPSA) is 49.8 Å². The summed E-state index contributed by atoms with van der Waals surface area (Å²) in [5.41, 5.74) is 1.42. The van der Waals surface area contributed by atoms with Crippen molar-refractivity contribution in [2.24, 2.45) is 0 Å². The lowest BCUT2D eigenvalue weighted by Crippen LogP contribution is -2.48. The van der Waals surface area contributed by atoms with E-state index in [-0.39, 0.29) is 18.7 Å². The maximum Gasteiger partial charge on any atom is 0.411 e. The number of carbonyl (C=O) groups is 1. The number of hydrogen-bond donors (Lipinski definition) is 1. The molecule has 0 aliphatic carbocycles. The summed E-state index contributed by atoms with van der Waals surface area (Å²) in [7, 11) is 0. The molecule has 1 aliphatic heterocycles. The van der Waals surface area contributed by atoms with Crippen LogP contribution in [0.3, 0.4) is 0 Å². The fourth-order valence-electron chi connectivity index (χ4n) is 3.57. The van der Waals surface area contributed by atoms with Gasteiger partial charge in [-0.3, -0.25) is 0 Å². The zero-order valence-electron chi connectivity index (χ0n) is 14.9. The zero-order valence-corrected chi connectivity index (χ0v) is 16.5. The van der Waals surface area contributed by atoms with Gasteiger partial charge in [0.25, 0.3) is 0 Å². The number of halogens is 1. The number of cyclic esters (lactones) is 1. The fourth-order valence-corrected chi connectivity index (χ4v) is 3.84. The molecule has 2 unspecified atom stereocenters. The second-order valence-electron chi connectivity index (χ2n) is 6.73. The van der Waals surface area contributed by atoms with Crippen LogP contribution in [-0.4, -0.2) is 29.3 Å². The molecule has 138 valence electrons. The molecule has 2 atom stereocenters. The van der Waals surface area contributed by atoms with E-state index < -0.39 is 5.60 Å². The Labute approximate surface area is 162 Å². The maximum atomic E-state index is 12.9. The maximum absolute atomic E-state index is 12.9. The second-order valence-corrected chi connectivity index (χ2v) is 7.64. The molecule has 1 heterocycles. The molecule has 0 aromatic heterocycles. The lowest BCUT2D eigenvalue weighted by atomic mass is 9.84. The van der Waals surface area contributed by atoms with E-state index in [0.29, 0.717) is 25.8 Å². The number of ether oxygens (including phenoxy) is 1. The summed E-state index contributed by atoms with van der Waals surface area (Å²) in [6.45, 7) is 2.73. The van der Waals surface area contributed by atoms with Crippen LogP contribution in [0.2, 0.25) is 0 Å². The van der Waals surface area contributed by atoms with Crippen LogP contribution in [0.1, 0.15) is 43.4 Å². The Balaban J connectivity index is 1.80. The van der Waals surface area contributed by atoms with Gasteiger partial charge in [0, 0.05) is 24.0 Å². The van der Waals surface area contributed by atoms with E-state index in [1.807, 2.05) is 61.5 Å². The molecule has 26 heavy (non-hydrogen) atoms. The van der Waals surface area contributed by atoms with Gasteiger partial charge in [-0.1, -0.05) is 58.4 Å². The molecule has 0 bridgehead atoms. The van der Waals surface area contributed by atoms with Gasteiger partial charge >= 0.3 is 6.09 Å². The smallest absolute Gasteiger partial charge is 0.411 e. The summed E-state index contributed by atoms with van der Waals surface area (Å²) in [5.74, 6) is 0. The van der Waals surface area contributed by atoms with Crippen LogP contribution in [-0.2, 0) is 10.3 Å². The molecule has 1 aliphatic rings. The molecule has 5 heteroatoms. The third kappa shape index (κ3) is 3.94. The lowest BCUT2D eigenvalue weighted by Gasteiger charge is -2.43. The Kier molecular flexibility index (Phi) is 5.99. The minimum absolute atomic E-state index is 0.0535. The van der Waals surface area contributed by atoms with Crippen molar-refractivity contribution < 1.29 is 14.6 Å². The van der Waals surface area contributed by atoms with Gasteiger partial charge in [0.05, 0.1) is 6.04 Å². The van der Waals surface area contributed by atoms with Crippen molar-refractivity contribution in [1.82, 2.24) is 4.90 Å². The summed E-state index contributed by atoms with van der Waals surface area (Å²) < 4.78 is 7.02. The Morgan fingerprint density at radius 1 is 1.19 bits per heavy atom. The number of rotatable bonds is 6. The first-order valence-corrected chi connectivity index (χ1v) is 9.76. The number of aliphatic hydroxyl groups is 1. The number of nitrogens with zero attached hydrogens (tertiary/aromatic N) is 1. The van der Waals surface area contributed by atoms with E-state index in [4.69, 9.17) is 4.74 Å². The first-order chi connectivity index (χ1) is 12.6. The quantitative estimate of drug-likeness (QED) is 0.717. The third-order valence-corrected chi connectivity index (χ3v) is 5.66. The molecule has 0 spiro atoms. The van der Waals surface area contributed by atoms with Gasteiger partial charge in [0.1, 0.15) is 5.60 Å². The SMILES string of the molecule is CC(c1ccc(Br)cc1)N1CCC(CCCO)(c2ccccc2)OC1=O. The molecule has 2 aromatic carbocycles. The van der Waals surface area contributed by atoms with Gasteiger partial charge in [-0.25, -0.2) is 4.79 Å². The molecule has 0 radical (unpaired) electrons. The Hall–Kier alpha value is -1.85. The van der Waals surface area contributed by atoms with Crippen LogP contribution in [0, 0.1) is 0 Å². The monoisotopic (exact) mass is 417 g/mol. The summed E-state index contributed by atoms with van der Waals surface area (Å²) >= 11 is 3.44. The lowest BCUT2D eigenvalue weighted by molar-refractivity contribution is -0.0680. The molecule has 4 nitrogen and oxygen atoms in total. The zero-order chi connectivity index (χ0) is 18.6. The Morgan fingerprint density at radius 2 is 1.88 bits per heavy atom. The minimum atomic E-state index is -0.656. The highest BCUT2D eigenvalue weighted by Gasteiger charge is 2.43.